The van der Waals surface area contributed by atoms with Gasteiger partial charge in [-0.05, 0) is 40.0 Å². The van der Waals surface area contributed by atoms with Crippen LogP contribution in [0.4, 0.5) is 4.79 Å². The van der Waals surface area contributed by atoms with Crippen molar-refractivity contribution in [3.8, 4) is 0 Å². The van der Waals surface area contributed by atoms with Crippen molar-refractivity contribution < 1.29 is 23.1 Å². The molecule has 0 heterocycles. The second-order valence-corrected chi connectivity index (χ2v) is 8.28. The smallest absolute Gasteiger partial charge is 0.407 e. The Labute approximate surface area is 114 Å². The van der Waals surface area contributed by atoms with Crippen molar-refractivity contribution in [2.75, 3.05) is 6.26 Å². The molecular formula is C12H23NO5S. The molecule has 0 aromatic carbocycles. The van der Waals surface area contributed by atoms with Crippen LogP contribution in [0.25, 0.3) is 0 Å². The van der Waals surface area contributed by atoms with Crippen LogP contribution in [0.2, 0.25) is 0 Å². The summed E-state index contributed by atoms with van der Waals surface area (Å²) >= 11 is 0. The minimum atomic E-state index is -3.46. The number of carbonyl (C=O) groups excluding carboxylic acids is 1. The number of alkyl carbamates (subject to hydrolysis) is 1. The zero-order valence-corrected chi connectivity index (χ0v) is 12.7. The van der Waals surface area contributed by atoms with E-state index < -0.39 is 27.0 Å². The molecule has 0 saturated heterocycles. The number of aliphatic hydroxyl groups excluding tert-OH is 1. The minimum Gasteiger partial charge on any atom is -0.444 e. The topological polar surface area (TPSA) is 92.7 Å². The van der Waals surface area contributed by atoms with Crippen LogP contribution in [0.15, 0.2) is 0 Å². The molecule has 1 amide bonds. The summed E-state index contributed by atoms with van der Waals surface area (Å²) in [5.41, 5.74) is -1.91. The fourth-order valence-corrected chi connectivity index (χ4v) is 3.18. The molecule has 0 aliphatic heterocycles. The average molecular weight is 293 g/mol. The van der Waals surface area contributed by atoms with Crippen LogP contribution in [0.1, 0.15) is 40.0 Å². The molecule has 1 aliphatic rings. The van der Waals surface area contributed by atoms with Gasteiger partial charge in [-0.1, -0.05) is 0 Å². The van der Waals surface area contributed by atoms with Crippen molar-refractivity contribution in [1.29, 1.82) is 0 Å². The molecule has 0 spiro atoms. The van der Waals surface area contributed by atoms with E-state index in [1.54, 1.807) is 20.8 Å². The first-order valence-electron chi connectivity index (χ1n) is 6.35. The van der Waals surface area contributed by atoms with Crippen molar-refractivity contribution in [1.82, 2.24) is 5.32 Å². The lowest BCUT2D eigenvalue weighted by Gasteiger charge is -2.22. The quantitative estimate of drug-likeness (QED) is 0.811. The van der Waals surface area contributed by atoms with Crippen molar-refractivity contribution in [3.63, 3.8) is 0 Å². The molecule has 0 bridgehead atoms. The molecule has 2 N–H and O–H groups in total. The SMILES string of the molecule is CC(C)(C)OC(=O)N[C@H]1CC[C@@H](C(O)S(C)(=O)=O)C1. The molecule has 1 rings (SSSR count). The fourth-order valence-electron chi connectivity index (χ4n) is 2.23. The summed E-state index contributed by atoms with van der Waals surface area (Å²) in [6, 6.07) is -0.142. The van der Waals surface area contributed by atoms with Gasteiger partial charge in [0.1, 0.15) is 5.60 Å². The highest BCUT2D eigenvalue weighted by molar-refractivity contribution is 7.91. The Balaban J connectivity index is 2.47. The third-order valence-electron chi connectivity index (χ3n) is 3.04. The van der Waals surface area contributed by atoms with Gasteiger partial charge < -0.3 is 15.2 Å². The monoisotopic (exact) mass is 293 g/mol. The summed E-state index contributed by atoms with van der Waals surface area (Å²) in [5, 5.41) is 12.4. The first-order chi connectivity index (χ1) is 8.49. The van der Waals surface area contributed by atoms with E-state index >= 15 is 0 Å². The van der Waals surface area contributed by atoms with Gasteiger partial charge in [-0.25, -0.2) is 13.2 Å². The molecule has 19 heavy (non-hydrogen) atoms. The molecule has 7 heteroatoms. The molecule has 0 radical (unpaired) electrons. The van der Waals surface area contributed by atoms with E-state index in [0.29, 0.717) is 19.3 Å². The molecule has 1 aliphatic carbocycles. The lowest BCUT2D eigenvalue weighted by Crippen LogP contribution is -2.38. The van der Waals surface area contributed by atoms with Crippen molar-refractivity contribution in [2.45, 2.75) is 57.1 Å². The molecule has 0 aromatic heterocycles. The number of amides is 1. The number of nitrogens with one attached hydrogen (secondary N) is 1. The Morgan fingerprint density at radius 1 is 1.37 bits per heavy atom. The van der Waals surface area contributed by atoms with Crippen molar-refractivity contribution >= 4 is 15.9 Å². The maximum atomic E-state index is 11.6. The Hall–Kier alpha value is -0.820. The van der Waals surface area contributed by atoms with Gasteiger partial charge >= 0.3 is 6.09 Å². The minimum absolute atomic E-state index is 0.142. The van der Waals surface area contributed by atoms with Gasteiger partial charge in [0.2, 0.25) is 0 Å². The van der Waals surface area contributed by atoms with Crippen LogP contribution < -0.4 is 5.32 Å². The zero-order valence-electron chi connectivity index (χ0n) is 11.8. The lowest BCUT2D eigenvalue weighted by atomic mass is 10.1. The van der Waals surface area contributed by atoms with E-state index in [9.17, 15) is 18.3 Å². The lowest BCUT2D eigenvalue weighted by molar-refractivity contribution is 0.0503. The summed E-state index contributed by atoms with van der Waals surface area (Å²) in [7, 11) is -3.46. The number of aliphatic hydroxyl groups is 1. The summed E-state index contributed by atoms with van der Waals surface area (Å²) in [6.45, 7) is 5.33. The van der Waals surface area contributed by atoms with Gasteiger partial charge in [0.25, 0.3) is 0 Å². The van der Waals surface area contributed by atoms with Crippen LogP contribution >= 0.6 is 0 Å². The molecule has 1 fully saturated rings. The van der Waals surface area contributed by atoms with Crippen molar-refractivity contribution in [3.05, 3.63) is 0 Å². The second-order valence-electron chi connectivity index (χ2n) is 6.14. The number of sulfone groups is 1. The second kappa shape index (κ2) is 5.66. The van der Waals surface area contributed by atoms with Crippen molar-refractivity contribution in [2.24, 2.45) is 5.92 Å². The Kier molecular flexibility index (Phi) is 4.84. The Morgan fingerprint density at radius 3 is 2.42 bits per heavy atom. The zero-order chi connectivity index (χ0) is 14.8. The highest BCUT2D eigenvalue weighted by Gasteiger charge is 2.35. The number of hydrogen-bond donors (Lipinski definition) is 2. The summed E-state index contributed by atoms with van der Waals surface area (Å²) in [5.74, 6) is -0.324. The standard InChI is InChI=1S/C12H23NO5S/c1-12(2,3)18-11(15)13-9-6-5-8(7-9)10(14)19(4,16)17/h8-10,14H,5-7H2,1-4H3,(H,13,15)/t8-,9+,10?/m1/s1. The fraction of sp³-hybridized carbons (Fsp3) is 0.917. The molecule has 1 saturated carbocycles. The van der Waals surface area contributed by atoms with E-state index in [1.807, 2.05) is 0 Å². The highest BCUT2D eigenvalue weighted by atomic mass is 32.2. The summed E-state index contributed by atoms with van der Waals surface area (Å²) in [4.78, 5) is 11.6. The van der Waals surface area contributed by atoms with Gasteiger partial charge in [0.05, 0.1) is 0 Å². The van der Waals surface area contributed by atoms with Gasteiger partial charge in [0, 0.05) is 18.2 Å². The third-order valence-corrected chi connectivity index (χ3v) is 4.30. The number of hydrogen-bond acceptors (Lipinski definition) is 5. The molecule has 112 valence electrons. The van der Waals surface area contributed by atoms with E-state index in [1.165, 1.54) is 0 Å². The first-order valence-corrected chi connectivity index (χ1v) is 8.31. The number of carbonyl (C=O) groups is 1. The van der Waals surface area contributed by atoms with Crippen LogP contribution in [0.3, 0.4) is 0 Å². The van der Waals surface area contributed by atoms with Gasteiger partial charge in [-0.2, -0.15) is 0 Å². The van der Waals surface area contributed by atoms with Gasteiger partial charge in [-0.15, -0.1) is 0 Å². The van der Waals surface area contributed by atoms with E-state index in [0.717, 1.165) is 6.26 Å². The third kappa shape index (κ3) is 5.36. The van der Waals surface area contributed by atoms with E-state index in [2.05, 4.69) is 5.32 Å². The molecule has 1 unspecified atom stereocenters. The predicted octanol–water partition coefficient (Wildman–Crippen LogP) is 1.04. The van der Waals surface area contributed by atoms with Crippen LogP contribution in [0, 0.1) is 5.92 Å². The number of ether oxygens (including phenoxy) is 1. The van der Waals surface area contributed by atoms with Gasteiger partial charge in [-0.3, -0.25) is 0 Å². The Bertz CT molecular complexity index is 426. The molecule has 0 aromatic rings. The van der Waals surface area contributed by atoms with Crippen LogP contribution in [-0.2, 0) is 14.6 Å². The van der Waals surface area contributed by atoms with E-state index in [4.69, 9.17) is 4.74 Å². The molecule has 3 atom stereocenters. The van der Waals surface area contributed by atoms with E-state index in [-0.39, 0.29) is 12.0 Å². The van der Waals surface area contributed by atoms with Crippen LogP contribution in [-0.4, -0.2) is 43.0 Å². The predicted molar refractivity (Wildman–Crippen MR) is 71.3 cm³/mol. The first kappa shape index (κ1) is 16.2. The maximum absolute atomic E-state index is 11.6. The number of rotatable bonds is 3. The summed E-state index contributed by atoms with van der Waals surface area (Å²) < 4.78 is 27.7. The molecule has 6 nitrogen and oxygen atoms in total. The average Bonchev–Trinajstić information content (AvgIpc) is 2.60. The largest absolute Gasteiger partial charge is 0.444 e. The Morgan fingerprint density at radius 2 is 1.95 bits per heavy atom. The van der Waals surface area contributed by atoms with Crippen LogP contribution in [0.5, 0.6) is 0 Å². The normalized spacial score (nSPS) is 25.9. The summed E-state index contributed by atoms with van der Waals surface area (Å²) in [6.07, 6.45) is 2.19. The van der Waals surface area contributed by atoms with Gasteiger partial charge in [0.15, 0.2) is 15.3 Å². The maximum Gasteiger partial charge on any atom is 0.407 e. The highest BCUT2D eigenvalue weighted by Crippen LogP contribution is 2.30. The molecular weight excluding hydrogens is 270 g/mol.